The molecule has 3 rings (SSSR count). The second kappa shape index (κ2) is 7.25. The summed E-state index contributed by atoms with van der Waals surface area (Å²) in [6.45, 7) is 11.0. The number of hydrogen-bond donors (Lipinski definition) is 0. The molecular weight excluding hydrogens is 290 g/mol. The zero-order valence-corrected chi connectivity index (χ0v) is 14.2. The minimum absolute atomic E-state index is 0.00631. The van der Waals surface area contributed by atoms with E-state index in [0.29, 0.717) is 11.6 Å². The van der Waals surface area contributed by atoms with Gasteiger partial charge in [0, 0.05) is 39.3 Å². The molecule has 0 N–H and O–H groups in total. The molecule has 23 heavy (non-hydrogen) atoms. The third-order valence-electron chi connectivity index (χ3n) is 4.95. The lowest BCUT2D eigenvalue weighted by molar-refractivity contribution is 0.0637. The van der Waals surface area contributed by atoms with Crippen molar-refractivity contribution >= 4 is 11.7 Å². The first kappa shape index (κ1) is 16.2. The molecule has 1 aromatic heterocycles. The number of hydrogen-bond acceptors (Lipinski definition) is 5. The first-order chi connectivity index (χ1) is 11.2. The summed E-state index contributed by atoms with van der Waals surface area (Å²) >= 11 is 0. The second-order valence-corrected chi connectivity index (χ2v) is 6.68. The zero-order chi connectivity index (χ0) is 16.2. The molecule has 6 nitrogen and oxygen atoms in total. The minimum Gasteiger partial charge on any atom is -0.355 e. The number of piperidine rings is 1. The Morgan fingerprint density at radius 1 is 1.17 bits per heavy atom. The van der Waals surface area contributed by atoms with Gasteiger partial charge >= 0.3 is 0 Å². The van der Waals surface area contributed by atoms with Gasteiger partial charge in [0.25, 0.3) is 5.91 Å². The van der Waals surface area contributed by atoms with Gasteiger partial charge in [-0.1, -0.05) is 13.8 Å². The van der Waals surface area contributed by atoms with Gasteiger partial charge in [0.2, 0.25) is 0 Å². The van der Waals surface area contributed by atoms with Crippen LogP contribution in [0.3, 0.4) is 0 Å². The van der Waals surface area contributed by atoms with E-state index in [9.17, 15) is 4.79 Å². The Morgan fingerprint density at radius 2 is 1.96 bits per heavy atom. The van der Waals surface area contributed by atoms with E-state index in [-0.39, 0.29) is 5.91 Å². The highest BCUT2D eigenvalue weighted by Gasteiger charge is 2.23. The monoisotopic (exact) mass is 317 g/mol. The summed E-state index contributed by atoms with van der Waals surface area (Å²) in [4.78, 5) is 27.9. The summed E-state index contributed by atoms with van der Waals surface area (Å²) in [5.41, 5.74) is 0.462. The van der Waals surface area contributed by atoms with Crippen LogP contribution in [-0.2, 0) is 0 Å². The fourth-order valence-corrected chi connectivity index (χ4v) is 3.42. The van der Waals surface area contributed by atoms with Gasteiger partial charge in [0.15, 0.2) is 0 Å². The van der Waals surface area contributed by atoms with Crippen LogP contribution in [0.5, 0.6) is 0 Å². The van der Waals surface area contributed by atoms with Gasteiger partial charge in [0.1, 0.15) is 11.5 Å². The lowest BCUT2D eigenvalue weighted by Gasteiger charge is -2.34. The van der Waals surface area contributed by atoms with Gasteiger partial charge in [-0.25, -0.2) is 9.97 Å². The van der Waals surface area contributed by atoms with Crippen molar-refractivity contribution < 1.29 is 4.79 Å². The van der Waals surface area contributed by atoms with E-state index in [2.05, 4.69) is 33.6 Å². The van der Waals surface area contributed by atoms with Crippen molar-refractivity contribution in [3.05, 3.63) is 18.1 Å². The van der Waals surface area contributed by atoms with E-state index >= 15 is 0 Å². The molecule has 0 aliphatic carbocycles. The summed E-state index contributed by atoms with van der Waals surface area (Å²) in [5, 5.41) is 0. The molecule has 0 bridgehead atoms. The molecule has 2 fully saturated rings. The summed E-state index contributed by atoms with van der Waals surface area (Å²) in [5.74, 6) is 1.59. The number of carbonyl (C=O) groups is 1. The van der Waals surface area contributed by atoms with E-state index in [0.717, 1.165) is 51.6 Å². The maximum absolute atomic E-state index is 12.5. The maximum atomic E-state index is 12.5. The van der Waals surface area contributed by atoms with Gasteiger partial charge < -0.3 is 14.7 Å². The van der Waals surface area contributed by atoms with Crippen LogP contribution in [0.15, 0.2) is 12.4 Å². The molecule has 0 spiro atoms. The van der Waals surface area contributed by atoms with Crippen molar-refractivity contribution in [3.63, 3.8) is 0 Å². The quantitative estimate of drug-likeness (QED) is 0.845. The second-order valence-electron chi connectivity index (χ2n) is 6.68. The first-order valence-electron chi connectivity index (χ1n) is 8.76. The molecule has 1 amide bonds. The fraction of sp³-hybridized carbons (Fsp3) is 0.706. The van der Waals surface area contributed by atoms with Crippen LogP contribution < -0.4 is 4.90 Å². The highest BCUT2D eigenvalue weighted by Crippen LogP contribution is 2.20. The summed E-state index contributed by atoms with van der Waals surface area (Å²) in [6.07, 6.45) is 5.88. The van der Waals surface area contributed by atoms with Crippen LogP contribution in [0.1, 0.15) is 37.2 Å². The van der Waals surface area contributed by atoms with Gasteiger partial charge in [-0.3, -0.25) is 4.79 Å². The molecule has 1 atom stereocenters. The van der Waals surface area contributed by atoms with Crippen LogP contribution in [-0.4, -0.2) is 71.5 Å². The molecule has 1 unspecified atom stereocenters. The molecule has 0 saturated carbocycles. The van der Waals surface area contributed by atoms with E-state index < -0.39 is 0 Å². The Morgan fingerprint density at radius 3 is 2.57 bits per heavy atom. The lowest BCUT2D eigenvalue weighted by Crippen LogP contribution is -2.48. The number of rotatable bonds is 3. The Labute approximate surface area is 138 Å². The zero-order valence-electron chi connectivity index (χ0n) is 14.2. The maximum Gasteiger partial charge on any atom is 0.274 e. The average Bonchev–Trinajstić information content (AvgIpc) is 2.61. The van der Waals surface area contributed by atoms with E-state index in [1.165, 1.54) is 12.8 Å². The SMILES string of the molecule is CCN1CCN(C(=O)c2cnc(N3CCCC(C)C3)cn2)CC1. The van der Waals surface area contributed by atoms with Crippen molar-refractivity contribution in [2.24, 2.45) is 5.92 Å². The fourth-order valence-electron chi connectivity index (χ4n) is 3.42. The smallest absolute Gasteiger partial charge is 0.274 e. The van der Waals surface area contributed by atoms with Crippen LogP contribution in [0.2, 0.25) is 0 Å². The third kappa shape index (κ3) is 3.80. The highest BCUT2D eigenvalue weighted by atomic mass is 16.2. The molecular formula is C17H27N5O. The van der Waals surface area contributed by atoms with Crippen molar-refractivity contribution in [2.75, 3.05) is 50.7 Å². The standard InChI is InChI=1S/C17H27N5O/c1-3-20-7-9-21(10-8-20)17(23)15-11-19-16(12-18-15)22-6-4-5-14(2)13-22/h11-12,14H,3-10,13H2,1-2H3. The number of anilines is 1. The highest BCUT2D eigenvalue weighted by molar-refractivity contribution is 5.92. The van der Waals surface area contributed by atoms with Gasteiger partial charge in [-0.15, -0.1) is 0 Å². The molecule has 126 valence electrons. The number of amides is 1. The van der Waals surface area contributed by atoms with Crippen LogP contribution in [0.25, 0.3) is 0 Å². The third-order valence-corrected chi connectivity index (χ3v) is 4.95. The van der Waals surface area contributed by atoms with Gasteiger partial charge in [-0.2, -0.15) is 0 Å². The molecule has 6 heteroatoms. The topological polar surface area (TPSA) is 52.6 Å². The average molecular weight is 317 g/mol. The van der Waals surface area contributed by atoms with E-state index in [4.69, 9.17) is 0 Å². The Balaban J connectivity index is 1.61. The normalized spacial score (nSPS) is 23.1. The molecule has 2 aliphatic heterocycles. The van der Waals surface area contributed by atoms with Gasteiger partial charge in [-0.05, 0) is 25.3 Å². The van der Waals surface area contributed by atoms with E-state index in [1.807, 2.05) is 4.90 Å². The van der Waals surface area contributed by atoms with E-state index in [1.54, 1.807) is 12.4 Å². The van der Waals surface area contributed by atoms with Crippen LogP contribution in [0, 0.1) is 5.92 Å². The summed E-state index contributed by atoms with van der Waals surface area (Å²) in [7, 11) is 0. The number of nitrogens with zero attached hydrogens (tertiary/aromatic N) is 5. The largest absolute Gasteiger partial charge is 0.355 e. The van der Waals surface area contributed by atoms with Crippen molar-refractivity contribution in [2.45, 2.75) is 26.7 Å². The molecule has 3 heterocycles. The summed E-state index contributed by atoms with van der Waals surface area (Å²) in [6, 6.07) is 0. The number of likely N-dealkylation sites (N-methyl/N-ethyl adjacent to an activating group) is 1. The Hall–Kier alpha value is -1.69. The van der Waals surface area contributed by atoms with Gasteiger partial charge in [0.05, 0.1) is 12.4 Å². The molecule has 0 radical (unpaired) electrons. The number of carbonyl (C=O) groups excluding carboxylic acids is 1. The molecule has 2 saturated heterocycles. The van der Waals surface area contributed by atoms with Crippen LogP contribution in [0.4, 0.5) is 5.82 Å². The number of aromatic nitrogens is 2. The molecule has 1 aromatic rings. The van der Waals surface area contributed by atoms with Crippen LogP contribution >= 0.6 is 0 Å². The number of piperazine rings is 1. The Bertz CT molecular complexity index is 524. The summed E-state index contributed by atoms with van der Waals surface area (Å²) < 4.78 is 0. The first-order valence-corrected chi connectivity index (χ1v) is 8.76. The Kier molecular flexibility index (Phi) is 5.10. The molecule has 0 aromatic carbocycles. The lowest BCUT2D eigenvalue weighted by atomic mass is 10.0. The van der Waals surface area contributed by atoms with Crippen molar-refractivity contribution in [1.29, 1.82) is 0 Å². The predicted octanol–water partition coefficient (Wildman–Crippen LogP) is 1.49. The van der Waals surface area contributed by atoms with Crippen molar-refractivity contribution in [1.82, 2.24) is 19.8 Å². The molecule has 2 aliphatic rings. The predicted molar refractivity (Wildman–Crippen MR) is 90.7 cm³/mol. The van der Waals surface area contributed by atoms with Crippen molar-refractivity contribution in [3.8, 4) is 0 Å². The minimum atomic E-state index is 0.00631.